The molecule has 1 N–H and O–H groups in total. The van der Waals surface area contributed by atoms with E-state index in [9.17, 15) is 13.2 Å². The number of nitrogens with one attached hydrogen (secondary N) is 1. The summed E-state index contributed by atoms with van der Waals surface area (Å²) in [6.45, 7) is 1.88. The van der Waals surface area contributed by atoms with Crippen molar-refractivity contribution in [2.75, 3.05) is 5.32 Å². The van der Waals surface area contributed by atoms with Gasteiger partial charge in [0.15, 0.2) is 17.5 Å². The number of hydrogen-bond donors (Lipinski definition) is 1. The lowest BCUT2D eigenvalue weighted by Crippen LogP contribution is -2.01. The number of aryl methyl sites for hydroxylation is 1. The first-order valence-electron chi connectivity index (χ1n) is 5.44. The molecule has 2 rings (SSSR count). The lowest BCUT2D eigenvalue weighted by Gasteiger charge is -2.08. The van der Waals surface area contributed by atoms with Crippen LogP contribution in [0.15, 0.2) is 22.8 Å². The third-order valence-corrected chi connectivity index (χ3v) is 2.72. The molecule has 0 aliphatic carbocycles. The number of aromatic nitrogens is 2. The van der Waals surface area contributed by atoms with Gasteiger partial charge in [-0.05, 0) is 15.9 Å². The molecule has 0 saturated heterocycles. The van der Waals surface area contributed by atoms with Crippen LogP contribution in [-0.4, -0.2) is 9.97 Å². The highest BCUT2D eigenvalue weighted by molar-refractivity contribution is 9.10. The standard InChI is InChI=1S/C12H9BrF3N3/c1-2-10-18-9(13)5-11(19-10)17-6-3-7(14)12(16)8(15)4-6/h3-5H,2H2,1H3,(H,17,18,19). The first-order valence-corrected chi connectivity index (χ1v) is 6.24. The Morgan fingerprint density at radius 2 is 1.74 bits per heavy atom. The Labute approximate surface area is 116 Å². The third-order valence-electron chi connectivity index (χ3n) is 2.31. The molecule has 0 unspecified atom stereocenters. The summed E-state index contributed by atoms with van der Waals surface area (Å²) in [7, 11) is 0. The maximum Gasteiger partial charge on any atom is 0.194 e. The number of benzene rings is 1. The maximum absolute atomic E-state index is 13.1. The first kappa shape index (κ1) is 13.8. The quantitative estimate of drug-likeness (QED) is 0.683. The molecule has 1 heterocycles. The van der Waals surface area contributed by atoms with E-state index in [1.165, 1.54) is 0 Å². The van der Waals surface area contributed by atoms with E-state index in [0.717, 1.165) is 12.1 Å². The fraction of sp³-hybridized carbons (Fsp3) is 0.167. The lowest BCUT2D eigenvalue weighted by atomic mass is 10.3. The van der Waals surface area contributed by atoms with Crippen molar-refractivity contribution in [2.24, 2.45) is 0 Å². The van der Waals surface area contributed by atoms with Crippen molar-refractivity contribution in [3.8, 4) is 0 Å². The Hall–Kier alpha value is -1.63. The molecule has 3 nitrogen and oxygen atoms in total. The van der Waals surface area contributed by atoms with Gasteiger partial charge in [0, 0.05) is 30.3 Å². The molecular formula is C12H9BrF3N3. The fourth-order valence-electron chi connectivity index (χ4n) is 1.46. The van der Waals surface area contributed by atoms with E-state index in [4.69, 9.17) is 0 Å². The summed E-state index contributed by atoms with van der Waals surface area (Å²) in [5, 5.41) is 2.70. The SMILES string of the molecule is CCc1nc(Br)cc(Nc2cc(F)c(F)c(F)c2)n1. The zero-order valence-electron chi connectivity index (χ0n) is 9.85. The largest absolute Gasteiger partial charge is 0.340 e. The minimum atomic E-state index is -1.50. The Morgan fingerprint density at radius 3 is 2.32 bits per heavy atom. The molecule has 7 heteroatoms. The fourth-order valence-corrected chi connectivity index (χ4v) is 1.88. The predicted molar refractivity (Wildman–Crippen MR) is 68.7 cm³/mol. The highest BCUT2D eigenvalue weighted by atomic mass is 79.9. The normalized spacial score (nSPS) is 10.6. The van der Waals surface area contributed by atoms with Crippen LogP contribution in [0.4, 0.5) is 24.7 Å². The minimum Gasteiger partial charge on any atom is -0.340 e. The van der Waals surface area contributed by atoms with Crippen molar-refractivity contribution in [2.45, 2.75) is 13.3 Å². The Morgan fingerprint density at radius 1 is 1.11 bits per heavy atom. The van der Waals surface area contributed by atoms with Gasteiger partial charge in [0.25, 0.3) is 0 Å². The van der Waals surface area contributed by atoms with E-state index in [1.807, 2.05) is 6.92 Å². The van der Waals surface area contributed by atoms with Crippen LogP contribution in [0.2, 0.25) is 0 Å². The molecule has 0 aliphatic heterocycles. The van der Waals surface area contributed by atoms with Crippen LogP contribution < -0.4 is 5.32 Å². The zero-order valence-corrected chi connectivity index (χ0v) is 11.4. The van der Waals surface area contributed by atoms with Crippen LogP contribution in [0.25, 0.3) is 0 Å². The predicted octanol–water partition coefficient (Wildman–Crippen LogP) is 3.96. The van der Waals surface area contributed by atoms with Crippen molar-refractivity contribution >= 4 is 27.4 Å². The van der Waals surface area contributed by atoms with Gasteiger partial charge in [-0.15, -0.1) is 0 Å². The van der Waals surface area contributed by atoms with E-state index in [-0.39, 0.29) is 5.69 Å². The van der Waals surface area contributed by atoms with Crippen LogP contribution in [0.3, 0.4) is 0 Å². The Balaban J connectivity index is 2.33. The molecule has 2 aromatic rings. The smallest absolute Gasteiger partial charge is 0.194 e. The Kier molecular flexibility index (Phi) is 4.04. The van der Waals surface area contributed by atoms with Crippen LogP contribution in [0, 0.1) is 17.5 Å². The van der Waals surface area contributed by atoms with Gasteiger partial charge in [-0.2, -0.15) is 0 Å². The van der Waals surface area contributed by atoms with E-state index >= 15 is 0 Å². The lowest BCUT2D eigenvalue weighted by molar-refractivity contribution is 0.448. The molecule has 1 aromatic heterocycles. The molecule has 1 aromatic carbocycles. The van der Waals surface area contributed by atoms with Crippen LogP contribution in [0.5, 0.6) is 0 Å². The summed E-state index contributed by atoms with van der Waals surface area (Å²) in [4.78, 5) is 8.24. The van der Waals surface area contributed by atoms with E-state index < -0.39 is 17.5 Å². The van der Waals surface area contributed by atoms with Gasteiger partial charge >= 0.3 is 0 Å². The molecule has 0 fully saturated rings. The minimum absolute atomic E-state index is 0.0732. The molecule has 100 valence electrons. The van der Waals surface area contributed by atoms with Crippen molar-refractivity contribution in [3.05, 3.63) is 46.1 Å². The van der Waals surface area contributed by atoms with Gasteiger partial charge < -0.3 is 5.32 Å². The van der Waals surface area contributed by atoms with Crippen molar-refractivity contribution < 1.29 is 13.2 Å². The third kappa shape index (κ3) is 3.23. The van der Waals surface area contributed by atoms with E-state index in [2.05, 4.69) is 31.2 Å². The number of anilines is 2. The van der Waals surface area contributed by atoms with Gasteiger partial charge in [0.2, 0.25) is 0 Å². The maximum atomic E-state index is 13.1. The number of nitrogens with zero attached hydrogens (tertiary/aromatic N) is 2. The molecule has 0 bridgehead atoms. The van der Waals surface area contributed by atoms with Gasteiger partial charge in [0.05, 0.1) is 0 Å². The molecule has 0 aliphatic rings. The van der Waals surface area contributed by atoms with Crippen molar-refractivity contribution in [1.29, 1.82) is 0 Å². The molecule has 19 heavy (non-hydrogen) atoms. The summed E-state index contributed by atoms with van der Waals surface area (Å²) < 4.78 is 39.5. The second kappa shape index (κ2) is 5.56. The summed E-state index contributed by atoms with van der Waals surface area (Å²) in [6.07, 6.45) is 0.611. The molecule has 0 saturated carbocycles. The van der Waals surface area contributed by atoms with Crippen LogP contribution in [0.1, 0.15) is 12.7 Å². The molecule has 0 atom stereocenters. The number of rotatable bonds is 3. The monoisotopic (exact) mass is 331 g/mol. The average Bonchev–Trinajstić information content (AvgIpc) is 2.35. The second-order valence-corrected chi connectivity index (χ2v) is 4.54. The van der Waals surface area contributed by atoms with E-state index in [1.54, 1.807) is 6.07 Å². The zero-order chi connectivity index (χ0) is 14.0. The Bertz CT molecular complexity index is 596. The molecule has 0 amide bonds. The highest BCUT2D eigenvalue weighted by Crippen LogP contribution is 2.22. The molecule has 0 radical (unpaired) electrons. The van der Waals surface area contributed by atoms with Crippen LogP contribution in [-0.2, 0) is 6.42 Å². The topological polar surface area (TPSA) is 37.8 Å². The average molecular weight is 332 g/mol. The van der Waals surface area contributed by atoms with Crippen LogP contribution >= 0.6 is 15.9 Å². The van der Waals surface area contributed by atoms with Crippen molar-refractivity contribution in [1.82, 2.24) is 9.97 Å². The van der Waals surface area contributed by atoms with Gasteiger partial charge in [-0.1, -0.05) is 6.92 Å². The van der Waals surface area contributed by atoms with E-state index in [0.29, 0.717) is 22.7 Å². The summed E-state index contributed by atoms with van der Waals surface area (Å²) in [6, 6.07) is 3.28. The van der Waals surface area contributed by atoms with Crippen molar-refractivity contribution in [3.63, 3.8) is 0 Å². The molecule has 0 spiro atoms. The van der Waals surface area contributed by atoms with Gasteiger partial charge in [0.1, 0.15) is 16.2 Å². The molecular weight excluding hydrogens is 323 g/mol. The number of hydrogen-bond acceptors (Lipinski definition) is 3. The highest BCUT2D eigenvalue weighted by Gasteiger charge is 2.11. The summed E-state index contributed by atoms with van der Waals surface area (Å²) in [5.74, 6) is -3.08. The summed E-state index contributed by atoms with van der Waals surface area (Å²) >= 11 is 3.21. The van der Waals surface area contributed by atoms with Gasteiger partial charge in [-0.25, -0.2) is 23.1 Å². The number of halogens is 4. The summed E-state index contributed by atoms with van der Waals surface area (Å²) in [5.41, 5.74) is 0.0732. The second-order valence-electron chi connectivity index (χ2n) is 3.72. The van der Waals surface area contributed by atoms with Gasteiger partial charge in [-0.3, -0.25) is 0 Å². The first-order chi connectivity index (χ1) is 8.99.